The van der Waals surface area contributed by atoms with Gasteiger partial charge in [-0.05, 0) is 35.7 Å². The minimum atomic E-state index is -4.36. The summed E-state index contributed by atoms with van der Waals surface area (Å²) in [4.78, 5) is 5.52. The van der Waals surface area contributed by atoms with E-state index in [0.29, 0.717) is 5.56 Å². The summed E-state index contributed by atoms with van der Waals surface area (Å²) in [6.45, 7) is 0. The zero-order valence-corrected chi connectivity index (χ0v) is 14.7. The third-order valence-electron chi connectivity index (χ3n) is 3.83. The number of rotatable bonds is 4. The van der Waals surface area contributed by atoms with Gasteiger partial charge in [-0.2, -0.15) is 13.2 Å². The van der Waals surface area contributed by atoms with E-state index >= 15 is 0 Å². The maximum absolute atomic E-state index is 12.6. The van der Waals surface area contributed by atoms with Gasteiger partial charge in [0.25, 0.3) is 0 Å². The maximum atomic E-state index is 12.6. The van der Waals surface area contributed by atoms with Gasteiger partial charge in [0, 0.05) is 11.1 Å². The summed E-state index contributed by atoms with van der Waals surface area (Å²) in [6, 6.07) is 23.5. The van der Waals surface area contributed by atoms with E-state index in [1.54, 1.807) is 0 Å². The molecule has 0 aliphatic rings. The number of hydrogen-bond donors (Lipinski definition) is 0. The summed E-state index contributed by atoms with van der Waals surface area (Å²) in [5.41, 5.74) is 1.46. The molecule has 3 aromatic rings. The SMILES string of the molecule is FC(F)(F)c1ccc(/C=N/OC(C#Cc2ccccc2)c2ccccc2)cc1. The highest BCUT2D eigenvalue weighted by Gasteiger charge is 2.29. The molecule has 0 aromatic heterocycles. The molecule has 5 heteroatoms. The van der Waals surface area contributed by atoms with Gasteiger partial charge >= 0.3 is 6.18 Å². The Morgan fingerprint density at radius 2 is 1.43 bits per heavy atom. The van der Waals surface area contributed by atoms with Gasteiger partial charge in [-0.25, -0.2) is 0 Å². The average Bonchev–Trinajstić information content (AvgIpc) is 2.71. The van der Waals surface area contributed by atoms with E-state index in [9.17, 15) is 13.2 Å². The van der Waals surface area contributed by atoms with Crippen LogP contribution in [0.3, 0.4) is 0 Å². The molecule has 3 aromatic carbocycles. The van der Waals surface area contributed by atoms with Crippen LogP contribution in [0.15, 0.2) is 90.1 Å². The zero-order chi connectivity index (χ0) is 19.8. The van der Waals surface area contributed by atoms with Gasteiger partial charge in [0.2, 0.25) is 6.10 Å². The van der Waals surface area contributed by atoms with E-state index in [2.05, 4.69) is 17.0 Å². The summed E-state index contributed by atoms with van der Waals surface area (Å²) in [6.07, 6.45) is -3.61. The second kappa shape index (κ2) is 8.92. The molecular weight excluding hydrogens is 363 g/mol. The maximum Gasteiger partial charge on any atom is 0.416 e. The Labute approximate surface area is 161 Å². The molecule has 0 bridgehead atoms. The molecule has 1 unspecified atom stereocenters. The number of benzene rings is 3. The fraction of sp³-hybridized carbons (Fsp3) is 0.0870. The summed E-state index contributed by atoms with van der Waals surface area (Å²) < 4.78 is 37.8. The smallest absolute Gasteiger partial charge is 0.374 e. The van der Waals surface area contributed by atoms with E-state index < -0.39 is 17.8 Å². The van der Waals surface area contributed by atoms with Gasteiger partial charge in [-0.1, -0.05) is 71.7 Å². The average molecular weight is 379 g/mol. The highest BCUT2D eigenvalue weighted by molar-refractivity contribution is 5.79. The van der Waals surface area contributed by atoms with Gasteiger partial charge in [0.1, 0.15) is 0 Å². The standard InChI is InChI=1S/C23H16F3NO/c24-23(25,26)21-14-11-19(12-15-21)17-27-28-22(20-9-5-2-6-10-20)16-13-18-7-3-1-4-8-18/h1-12,14-15,17,22H/b27-17+. The number of oxime groups is 1. The Balaban J connectivity index is 1.75. The van der Waals surface area contributed by atoms with Crippen LogP contribution >= 0.6 is 0 Å². The molecule has 28 heavy (non-hydrogen) atoms. The molecule has 140 valence electrons. The lowest BCUT2D eigenvalue weighted by molar-refractivity contribution is -0.137. The molecule has 2 nitrogen and oxygen atoms in total. The van der Waals surface area contributed by atoms with Crippen LogP contribution < -0.4 is 0 Å². The molecule has 0 aliphatic carbocycles. The van der Waals surface area contributed by atoms with Crippen molar-refractivity contribution in [3.05, 3.63) is 107 Å². The number of halogens is 3. The molecule has 0 heterocycles. The van der Waals surface area contributed by atoms with E-state index in [0.717, 1.165) is 23.3 Å². The van der Waals surface area contributed by atoms with Gasteiger partial charge in [-0.3, -0.25) is 0 Å². The van der Waals surface area contributed by atoms with E-state index in [1.165, 1.54) is 18.3 Å². The fourth-order valence-corrected chi connectivity index (χ4v) is 2.38. The summed E-state index contributed by atoms with van der Waals surface area (Å²) in [7, 11) is 0. The largest absolute Gasteiger partial charge is 0.416 e. The number of nitrogens with zero attached hydrogens (tertiary/aromatic N) is 1. The van der Waals surface area contributed by atoms with Crippen LogP contribution in [-0.2, 0) is 11.0 Å². The molecule has 0 spiro atoms. The van der Waals surface area contributed by atoms with E-state index in [-0.39, 0.29) is 0 Å². The summed E-state index contributed by atoms with van der Waals surface area (Å²) in [5, 5.41) is 3.91. The van der Waals surface area contributed by atoms with Gasteiger partial charge in [-0.15, -0.1) is 0 Å². The van der Waals surface area contributed by atoms with Crippen LogP contribution in [-0.4, -0.2) is 6.21 Å². The van der Waals surface area contributed by atoms with Crippen LogP contribution in [0.5, 0.6) is 0 Å². The molecule has 0 N–H and O–H groups in total. The van der Waals surface area contributed by atoms with Crippen molar-refractivity contribution in [3.63, 3.8) is 0 Å². The van der Waals surface area contributed by atoms with Crippen molar-refractivity contribution in [1.29, 1.82) is 0 Å². The topological polar surface area (TPSA) is 21.6 Å². The Hall–Kier alpha value is -3.52. The van der Waals surface area contributed by atoms with Crippen molar-refractivity contribution in [2.75, 3.05) is 0 Å². The lowest BCUT2D eigenvalue weighted by atomic mass is 10.1. The van der Waals surface area contributed by atoms with Crippen LogP contribution in [0, 0.1) is 11.8 Å². The lowest BCUT2D eigenvalue weighted by Gasteiger charge is -2.09. The minimum Gasteiger partial charge on any atom is -0.374 e. The van der Waals surface area contributed by atoms with Crippen LogP contribution in [0.2, 0.25) is 0 Å². The third kappa shape index (κ3) is 5.49. The molecule has 0 fully saturated rings. The van der Waals surface area contributed by atoms with Crippen molar-refractivity contribution in [2.24, 2.45) is 5.16 Å². The summed E-state index contributed by atoms with van der Waals surface area (Å²) >= 11 is 0. The predicted molar refractivity (Wildman–Crippen MR) is 103 cm³/mol. The molecule has 0 aliphatic heterocycles. The van der Waals surface area contributed by atoms with Crippen molar-refractivity contribution in [3.8, 4) is 11.8 Å². The Morgan fingerprint density at radius 1 is 0.821 bits per heavy atom. The first kappa shape index (κ1) is 19.2. The molecule has 0 saturated carbocycles. The summed E-state index contributed by atoms with van der Waals surface area (Å²) in [5.74, 6) is 6.07. The Morgan fingerprint density at radius 3 is 2.04 bits per heavy atom. The van der Waals surface area contributed by atoms with Crippen molar-refractivity contribution >= 4 is 6.21 Å². The molecule has 0 saturated heterocycles. The zero-order valence-electron chi connectivity index (χ0n) is 14.7. The van der Waals surface area contributed by atoms with Gasteiger partial charge < -0.3 is 4.84 Å². The monoisotopic (exact) mass is 379 g/mol. The van der Waals surface area contributed by atoms with Crippen LogP contribution in [0.1, 0.15) is 28.4 Å². The van der Waals surface area contributed by atoms with Gasteiger partial charge in [0.05, 0.1) is 11.8 Å². The second-order valence-electron chi connectivity index (χ2n) is 5.89. The first-order chi connectivity index (χ1) is 13.5. The first-order valence-corrected chi connectivity index (χ1v) is 8.50. The third-order valence-corrected chi connectivity index (χ3v) is 3.83. The van der Waals surface area contributed by atoms with Crippen molar-refractivity contribution < 1.29 is 18.0 Å². The fourth-order valence-electron chi connectivity index (χ4n) is 2.38. The number of hydrogen-bond acceptors (Lipinski definition) is 2. The minimum absolute atomic E-state index is 0.496. The normalized spacial score (nSPS) is 12.2. The van der Waals surface area contributed by atoms with E-state index in [1.807, 2.05) is 60.7 Å². The van der Waals surface area contributed by atoms with Crippen LogP contribution in [0.25, 0.3) is 0 Å². The molecule has 3 rings (SSSR count). The quantitative estimate of drug-likeness (QED) is 0.317. The van der Waals surface area contributed by atoms with Crippen molar-refractivity contribution in [1.82, 2.24) is 0 Å². The Kier molecular flexibility index (Phi) is 6.13. The predicted octanol–water partition coefficient (Wildman–Crippen LogP) is 5.85. The molecule has 0 radical (unpaired) electrons. The van der Waals surface area contributed by atoms with Crippen LogP contribution in [0.4, 0.5) is 13.2 Å². The highest BCUT2D eigenvalue weighted by Crippen LogP contribution is 2.28. The Bertz CT molecular complexity index is 970. The number of alkyl halides is 3. The molecule has 0 amide bonds. The van der Waals surface area contributed by atoms with Crippen molar-refractivity contribution in [2.45, 2.75) is 12.3 Å². The molecular formula is C23H16F3NO. The van der Waals surface area contributed by atoms with Gasteiger partial charge in [0.15, 0.2) is 0 Å². The second-order valence-corrected chi connectivity index (χ2v) is 5.89. The first-order valence-electron chi connectivity index (χ1n) is 8.50. The van der Waals surface area contributed by atoms with E-state index in [4.69, 9.17) is 4.84 Å². The highest BCUT2D eigenvalue weighted by atomic mass is 19.4. The lowest BCUT2D eigenvalue weighted by Crippen LogP contribution is -2.04. The molecule has 1 atom stereocenters.